The summed E-state index contributed by atoms with van der Waals surface area (Å²) >= 11 is 0. The van der Waals surface area contributed by atoms with E-state index in [-0.39, 0.29) is 30.2 Å². The Kier molecular flexibility index (Phi) is 4.37. The molecular weight excluding hydrogens is 290 g/mol. The predicted octanol–water partition coefficient (Wildman–Crippen LogP) is 2.39. The number of pyridine rings is 2. The zero-order valence-corrected chi connectivity index (χ0v) is 13.5. The van der Waals surface area contributed by atoms with Crippen molar-refractivity contribution in [2.75, 3.05) is 6.54 Å². The summed E-state index contributed by atoms with van der Waals surface area (Å²) in [5, 5.41) is 1.02. The van der Waals surface area contributed by atoms with E-state index in [1.165, 1.54) is 6.92 Å². The summed E-state index contributed by atoms with van der Waals surface area (Å²) in [6.07, 6.45) is 4.07. The van der Waals surface area contributed by atoms with Gasteiger partial charge in [0.15, 0.2) is 5.65 Å². The molecule has 1 fully saturated rings. The first-order chi connectivity index (χ1) is 11.0. The molecule has 0 spiro atoms. The number of aromatic nitrogens is 2. The Morgan fingerprint density at radius 1 is 1.35 bits per heavy atom. The van der Waals surface area contributed by atoms with Gasteiger partial charge in [-0.1, -0.05) is 0 Å². The van der Waals surface area contributed by atoms with E-state index in [4.69, 9.17) is 0 Å². The summed E-state index contributed by atoms with van der Waals surface area (Å²) in [7, 11) is 0. The Hall–Kier alpha value is -2.30. The van der Waals surface area contributed by atoms with Gasteiger partial charge in [0.25, 0.3) is 0 Å². The highest BCUT2D eigenvalue weighted by atomic mass is 16.2. The van der Waals surface area contributed by atoms with Gasteiger partial charge < -0.3 is 4.90 Å². The number of Topliss-reactive ketones (excluding diaryl/α,β-unsaturated/α-hetero) is 1. The van der Waals surface area contributed by atoms with E-state index in [0.29, 0.717) is 0 Å². The molecule has 1 amide bonds. The topological polar surface area (TPSA) is 63.2 Å². The van der Waals surface area contributed by atoms with Gasteiger partial charge in [0.05, 0.1) is 6.54 Å². The molecule has 1 aliphatic heterocycles. The molecule has 2 atom stereocenters. The SMILES string of the molecule is CC(=O)CN1C(=O)[C@@H](CCc2ccc3cccnc3n2)C[C@H]1C. The standard InChI is InChI=1S/C18H21N3O2/c1-12-10-15(18(23)21(12)11-13(2)22)6-8-16-7-5-14-4-3-9-19-17(14)20-16/h3-5,7,9,12,15H,6,8,10-11H2,1-2H3/t12-,15+/m1/s1. The van der Waals surface area contributed by atoms with Gasteiger partial charge in [0, 0.05) is 29.2 Å². The zero-order valence-electron chi connectivity index (χ0n) is 13.5. The van der Waals surface area contributed by atoms with Crippen LogP contribution in [-0.4, -0.2) is 39.1 Å². The molecular formula is C18H21N3O2. The van der Waals surface area contributed by atoms with E-state index in [0.717, 1.165) is 36.0 Å². The average Bonchev–Trinajstić information content (AvgIpc) is 2.80. The fraction of sp³-hybridized carbons (Fsp3) is 0.444. The lowest BCUT2D eigenvalue weighted by Crippen LogP contribution is -2.36. The van der Waals surface area contributed by atoms with Crippen LogP contribution in [0, 0.1) is 5.92 Å². The van der Waals surface area contributed by atoms with Gasteiger partial charge in [-0.05, 0) is 57.4 Å². The Labute approximate surface area is 135 Å². The molecule has 23 heavy (non-hydrogen) atoms. The highest BCUT2D eigenvalue weighted by molar-refractivity contribution is 5.87. The molecule has 5 heteroatoms. The number of hydrogen-bond donors (Lipinski definition) is 0. The number of hydrogen-bond acceptors (Lipinski definition) is 4. The van der Waals surface area contributed by atoms with Crippen molar-refractivity contribution >= 4 is 22.7 Å². The molecule has 1 saturated heterocycles. The minimum absolute atomic E-state index is 0.00872. The van der Waals surface area contributed by atoms with Gasteiger partial charge in [-0.25, -0.2) is 9.97 Å². The maximum atomic E-state index is 12.4. The van der Waals surface area contributed by atoms with Crippen LogP contribution in [0.2, 0.25) is 0 Å². The van der Waals surface area contributed by atoms with Gasteiger partial charge in [-0.15, -0.1) is 0 Å². The number of ketones is 1. The lowest BCUT2D eigenvalue weighted by molar-refractivity contribution is -0.135. The molecule has 3 rings (SSSR count). The van der Waals surface area contributed by atoms with Crippen LogP contribution in [0.5, 0.6) is 0 Å². The molecule has 5 nitrogen and oxygen atoms in total. The second-order valence-electron chi connectivity index (χ2n) is 6.34. The van der Waals surface area contributed by atoms with Gasteiger partial charge in [-0.2, -0.15) is 0 Å². The predicted molar refractivity (Wildman–Crippen MR) is 87.8 cm³/mol. The third kappa shape index (κ3) is 3.38. The van der Waals surface area contributed by atoms with Gasteiger partial charge in [0.2, 0.25) is 5.91 Å². The lowest BCUT2D eigenvalue weighted by atomic mass is 9.98. The summed E-state index contributed by atoms with van der Waals surface area (Å²) in [6, 6.07) is 8.04. The first kappa shape index (κ1) is 15.6. The van der Waals surface area contributed by atoms with Crippen LogP contribution >= 0.6 is 0 Å². The third-order valence-corrected chi connectivity index (χ3v) is 4.45. The summed E-state index contributed by atoms with van der Waals surface area (Å²) in [4.78, 5) is 34.3. The number of amides is 1. The Balaban J connectivity index is 1.65. The quantitative estimate of drug-likeness (QED) is 0.850. The molecule has 0 radical (unpaired) electrons. The Bertz CT molecular complexity index is 744. The fourth-order valence-electron chi connectivity index (χ4n) is 3.26. The summed E-state index contributed by atoms with van der Waals surface area (Å²) in [5.41, 5.74) is 1.70. The molecule has 1 aliphatic rings. The number of likely N-dealkylation sites (tertiary alicyclic amines) is 1. The molecule has 3 heterocycles. The van der Waals surface area contributed by atoms with Crippen molar-refractivity contribution in [3.63, 3.8) is 0 Å². The maximum absolute atomic E-state index is 12.4. The van der Waals surface area contributed by atoms with Crippen molar-refractivity contribution in [3.05, 3.63) is 36.2 Å². The average molecular weight is 311 g/mol. The molecule has 0 unspecified atom stereocenters. The molecule has 0 saturated carbocycles. The van der Waals surface area contributed by atoms with Crippen molar-refractivity contribution in [1.29, 1.82) is 0 Å². The summed E-state index contributed by atoms with van der Waals surface area (Å²) in [5.74, 6) is 0.130. The molecule has 2 aromatic heterocycles. The second kappa shape index (κ2) is 6.44. The van der Waals surface area contributed by atoms with Crippen LogP contribution in [0.3, 0.4) is 0 Å². The largest absolute Gasteiger partial charge is 0.332 e. The van der Waals surface area contributed by atoms with E-state index < -0.39 is 0 Å². The number of carbonyl (C=O) groups excluding carboxylic acids is 2. The van der Waals surface area contributed by atoms with Gasteiger partial charge in [0.1, 0.15) is 5.78 Å². The van der Waals surface area contributed by atoms with Crippen molar-refractivity contribution in [2.45, 2.75) is 39.2 Å². The van der Waals surface area contributed by atoms with Crippen molar-refractivity contribution in [1.82, 2.24) is 14.9 Å². The van der Waals surface area contributed by atoms with Crippen LogP contribution in [0.25, 0.3) is 11.0 Å². The third-order valence-electron chi connectivity index (χ3n) is 4.45. The van der Waals surface area contributed by atoms with Crippen LogP contribution in [0.15, 0.2) is 30.5 Å². The van der Waals surface area contributed by atoms with Crippen LogP contribution in [0.1, 0.15) is 32.4 Å². The number of aryl methyl sites for hydroxylation is 1. The van der Waals surface area contributed by atoms with Crippen molar-refractivity contribution < 1.29 is 9.59 Å². The monoisotopic (exact) mass is 311 g/mol. The zero-order chi connectivity index (χ0) is 16.4. The summed E-state index contributed by atoms with van der Waals surface area (Å²) < 4.78 is 0. The van der Waals surface area contributed by atoms with Crippen molar-refractivity contribution in [2.24, 2.45) is 5.92 Å². The number of fused-ring (bicyclic) bond motifs is 1. The first-order valence-corrected chi connectivity index (χ1v) is 8.05. The first-order valence-electron chi connectivity index (χ1n) is 8.05. The minimum atomic E-state index is -0.00872. The Morgan fingerprint density at radius 3 is 2.96 bits per heavy atom. The Morgan fingerprint density at radius 2 is 2.17 bits per heavy atom. The number of carbonyl (C=O) groups is 2. The van der Waals surface area contributed by atoms with E-state index >= 15 is 0 Å². The fourth-order valence-corrected chi connectivity index (χ4v) is 3.26. The van der Waals surface area contributed by atoms with E-state index in [9.17, 15) is 9.59 Å². The van der Waals surface area contributed by atoms with E-state index in [1.54, 1.807) is 11.1 Å². The number of rotatable bonds is 5. The molecule has 2 aromatic rings. The smallest absolute Gasteiger partial charge is 0.226 e. The van der Waals surface area contributed by atoms with Gasteiger partial charge >= 0.3 is 0 Å². The highest BCUT2D eigenvalue weighted by Gasteiger charge is 2.36. The lowest BCUT2D eigenvalue weighted by Gasteiger charge is -2.19. The van der Waals surface area contributed by atoms with Crippen LogP contribution < -0.4 is 0 Å². The van der Waals surface area contributed by atoms with Crippen molar-refractivity contribution in [3.8, 4) is 0 Å². The molecule has 120 valence electrons. The van der Waals surface area contributed by atoms with E-state index in [1.807, 2.05) is 31.2 Å². The summed E-state index contributed by atoms with van der Waals surface area (Å²) in [6.45, 7) is 3.77. The number of nitrogens with zero attached hydrogens (tertiary/aromatic N) is 3. The van der Waals surface area contributed by atoms with E-state index in [2.05, 4.69) is 9.97 Å². The van der Waals surface area contributed by atoms with Crippen LogP contribution in [-0.2, 0) is 16.0 Å². The molecule has 0 N–H and O–H groups in total. The maximum Gasteiger partial charge on any atom is 0.226 e. The minimum Gasteiger partial charge on any atom is -0.332 e. The molecule has 0 aliphatic carbocycles. The normalized spacial score (nSPS) is 21.1. The second-order valence-corrected chi connectivity index (χ2v) is 6.34. The molecule has 0 aromatic carbocycles. The molecule has 0 bridgehead atoms. The van der Waals surface area contributed by atoms with Crippen LogP contribution in [0.4, 0.5) is 0 Å². The highest BCUT2D eigenvalue weighted by Crippen LogP contribution is 2.28. The van der Waals surface area contributed by atoms with Gasteiger partial charge in [-0.3, -0.25) is 9.59 Å².